The quantitative estimate of drug-likeness (QED) is 0.520. The highest BCUT2D eigenvalue weighted by molar-refractivity contribution is 7.90. The van der Waals surface area contributed by atoms with E-state index in [-0.39, 0.29) is 17.3 Å². The second-order valence-corrected chi connectivity index (χ2v) is 9.50. The van der Waals surface area contributed by atoms with Gasteiger partial charge in [0.1, 0.15) is 0 Å². The number of benzene rings is 2. The normalized spacial score (nSPS) is 11.6. The largest absolute Gasteiger partial charge is 0.346 e. The van der Waals surface area contributed by atoms with E-state index in [1.165, 1.54) is 6.07 Å². The molecule has 31 heavy (non-hydrogen) atoms. The number of sulfone groups is 1. The van der Waals surface area contributed by atoms with E-state index in [1.54, 1.807) is 25.3 Å². The molecule has 0 radical (unpaired) electrons. The van der Waals surface area contributed by atoms with Crippen LogP contribution in [0.5, 0.6) is 0 Å². The van der Waals surface area contributed by atoms with E-state index in [1.807, 2.05) is 42.2 Å². The summed E-state index contributed by atoms with van der Waals surface area (Å²) >= 11 is 0. The van der Waals surface area contributed by atoms with Gasteiger partial charge in [0, 0.05) is 30.4 Å². The zero-order valence-electron chi connectivity index (χ0n) is 17.5. The first-order valence-corrected chi connectivity index (χ1v) is 11.6. The molecule has 2 heterocycles. The number of nitrogens with one attached hydrogen (secondary N) is 1. The average molecular weight is 435 g/mol. The zero-order chi connectivity index (χ0) is 22.2. The van der Waals surface area contributed by atoms with E-state index in [4.69, 9.17) is 0 Å². The lowest BCUT2D eigenvalue weighted by Crippen LogP contribution is -2.23. The van der Waals surface area contributed by atoms with Crippen LogP contribution in [-0.2, 0) is 23.4 Å². The Hall–Kier alpha value is -3.52. The first-order valence-electron chi connectivity index (χ1n) is 9.68. The first kappa shape index (κ1) is 20.7. The van der Waals surface area contributed by atoms with Crippen molar-refractivity contribution in [2.45, 2.75) is 18.4 Å². The third-order valence-corrected chi connectivity index (χ3v) is 6.42. The third-order valence-electron chi connectivity index (χ3n) is 5.18. The van der Waals surface area contributed by atoms with Crippen molar-refractivity contribution >= 4 is 26.6 Å². The number of carbonyl (C=O) groups is 1. The summed E-state index contributed by atoms with van der Waals surface area (Å²) in [7, 11) is -1.50. The molecule has 4 aromatic rings. The summed E-state index contributed by atoms with van der Waals surface area (Å²) in [6, 6.07) is 14.6. The summed E-state index contributed by atoms with van der Waals surface area (Å²) in [4.78, 5) is 17.1. The smallest absolute Gasteiger partial charge is 0.251 e. The molecule has 1 amide bonds. The summed E-state index contributed by atoms with van der Waals surface area (Å²) in [5.74, 6) is -0.353. The van der Waals surface area contributed by atoms with Gasteiger partial charge in [-0.3, -0.25) is 14.5 Å². The Morgan fingerprint density at radius 2 is 1.84 bits per heavy atom. The van der Waals surface area contributed by atoms with Crippen molar-refractivity contribution in [3.05, 3.63) is 77.7 Å². The summed E-state index contributed by atoms with van der Waals surface area (Å²) < 4.78 is 25.7. The lowest BCUT2D eigenvalue weighted by atomic mass is 10.0. The van der Waals surface area contributed by atoms with Gasteiger partial charge in [-0.15, -0.1) is 0 Å². The fraction of sp³-hybridized carbons (Fsp3) is 0.174. The summed E-state index contributed by atoms with van der Waals surface area (Å²) in [6.07, 6.45) is 4.67. The number of fused-ring (bicyclic) bond motifs is 1. The number of aryl methyl sites for hydroxylation is 2. The van der Waals surface area contributed by atoms with Crippen molar-refractivity contribution in [2.75, 3.05) is 6.26 Å². The lowest BCUT2D eigenvalue weighted by Gasteiger charge is -2.09. The summed E-state index contributed by atoms with van der Waals surface area (Å²) in [5.41, 5.74) is 4.65. The van der Waals surface area contributed by atoms with Gasteiger partial charge in [-0.2, -0.15) is 5.10 Å². The number of rotatable bonds is 5. The SMILES string of the molecule is Cc1ccc(C(=O)NCc2cc(-c3ccc4cnn(C)c4c3)ccn2)cc1S(C)(=O)=O. The van der Waals surface area contributed by atoms with Gasteiger partial charge in [-0.05, 0) is 53.9 Å². The van der Waals surface area contributed by atoms with Crippen LogP contribution in [0.3, 0.4) is 0 Å². The van der Waals surface area contributed by atoms with Gasteiger partial charge in [-0.25, -0.2) is 8.42 Å². The topological polar surface area (TPSA) is 93.9 Å². The van der Waals surface area contributed by atoms with E-state index >= 15 is 0 Å². The number of pyridine rings is 1. The number of amides is 1. The molecule has 2 aromatic heterocycles. The van der Waals surface area contributed by atoms with E-state index < -0.39 is 9.84 Å². The number of hydrogen-bond donors (Lipinski definition) is 1. The Morgan fingerprint density at radius 1 is 1.06 bits per heavy atom. The van der Waals surface area contributed by atoms with Gasteiger partial charge < -0.3 is 5.32 Å². The van der Waals surface area contributed by atoms with Crippen molar-refractivity contribution in [3.8, 4) is 11.1 Å². The Kier molecular flexibility index (Phi) is 5.32. The molecular formula is C23H22N4O3S. The van der Waals surface area contributed by atoms with Crippen molar-refractivity contribution in [3.63, 3.8) is 0 Å². The Labute approximate surface area is 180 Å². The molecule has 0 bridgehead atoms. The fourth-order valence-corrected chi connectivity index (χ4v) is 4.49. The van der Waals surface area contributed by atoms with Crippen LogP contribution in [0.25, 0.3) is 22.0 Å². The van der Waals surface area contributed by atoms with Crippen LogP contribution < -0.4 is 5.32 Å². The molecule has 7 nitrogen and oxygen atoms in total. The van der Waals surface area contributed by atoms with Crippen molar-refractivity contribution in [1.29, 1.82) is 0 Å². The lowest BCUT2D eigenvalue weighted by molar-refractivity contribution is 0.0950. The molecule has 0 spiro atoms. The number of hydrogen-bond acceptors (Lipinski definition) is 5. The van der Waals surface area contributed by atoms with E-state index in [0.717, 1.165) is 28.3 Å². The zero-order valence-corrected chi connectivity index (χ0v) is 18.3. The number of aromatic nitrogens is 3. The van der Waals surface area contributed by atoms with Gasteiger partial charge in [0.15, 0.2) is 9.84 Å². The second kappa shape index (κ2) is 7.96. The maximum absolute atomic E-state index is 12.6. The summed E-state index contributed by atoms with van der Waals surface area (Å²) in [5, 5.41) is 8.16. The van der Waals surface area contributed by atoms with Crippen LogP contribution in [0, 0.1) is 6.92 Å². The van der Waals surface area contributed by atoms with Crippen LogP contribution in [0.4, 0.5) is 0 Å². The fourth-order valence-electron chi connectivity index (χ4n) is 3.49. The molecule has 2 aromatic carbocycles. The highest BCUT2D eigenvalue weighted by atomic mass is 32.2. The summed E-state index contributed by atoms with van der Waals surface area (Å²) in [6.45, 7) is 1.93. The van der Waals surface area contributed by atoms with Gasteiger partial charge in [0.05, 0.1) is 28.8 Å². The molecule has 0 saturated carbocycles. The van der Waals surface area contributed by atoms with Crippen molar-refractivity contribution in [1.82, 2.24) is 20.1 Å². The van der Waals surface area contributed by atoms with Gasteiger partial charge in [0.25, 0.3) is 5.91 Å². The van der Waals surface area contributed by atoms with Crippen molar-refractivity contribution < 1.29 is 13.2 Å². The van der Waals surface area contributed by atoms with Gasteiger partial charge in [0.2, 0.25) is 0 Å². The molecule has 158 valence electrons. The maximum Gasteiger partial charge on any atom is 0.251 e. The standard InChI is InChI=1S/C23H22N4O3S/c1-15-4-5-18(12-22(15)31(3,29)30)23(28)25-14-20-10-17(8-9-24-20)16-6-7-19-13-26-27(2)21(19)11-16/h4-13H,14H2,1-3H3,(H,25,28). The van der Waals surface area contributed by atoms with E-state index in [9.17, 15) is 13.2 Å². The predicted octanol–water partition coefficient (Wildman–Crippen LogP) is 3.28. The third kappa shape index (κ3) is 4.34. The molecular weight excluding hydrogens is 412 g/mol. The van der Waals surface area contributed by atoms with Crippen LogP contribution in [0.1, 0.15) is 21.6 Å². The molecule has 4 rings (SSSR count). The van der Waals surface area contributed by atoms with Gasteiger partial charge in [-0.1, -0.05) is 18.2 Å². The number of nitrogens with zero attached hydrogens (tertiary/aromatic N) is 3. The molecule has 0 aliphatic heterocycles. The minimum atomic E-state index is -3.41. The Bertz CT molecular complexity index is 1410. The van der Waals surface area contributed by atoms with E-state index in [0.29, 0.717) is 16.8 Å². The average Bonchev–Trinajstić information content (AvgIpc) is 3.12. The van der Waals surface area contributed by atoms with Crippen LogP contribution >= 0.6 is 0 Å². The molecule has 0 unspecified atom stereocenters. The van der Waals surface area contributed by atoms with Gasteiger partial charge >= 0.3 is 0 Å². The Balaban J connectivity index is 1.53. The van der Waals surface area contributed by atoms with Crippen LogP contribution in [0.2, 0.25) is 0 Å². The highest BCUT2D eigenvalue weighted by Gasteiger charge is 2.15. The van der Waals surface area contributed by atoms with Crippen LogP contribution in [-0.4, -0.2) is 35.3 Å². The second-order valence-electron chi connectivity index (χ2n) is 7.51. The molecule has 0 atom stereocenters. The minimum absolute atomic E-state index is 0.158. The molecule has 8 heteroatoms. The minimum Gasteiger partial charge on any atom is -0.346 e. The van der Waals surface area contributed by atoms with Crippen molar-refractivity contribution in [2.24, 2.45) is 7.05 Å². The van der Waals surface area contributed by atoms with Crippen LogP contribution in [0.15, 0.2) is 65.8 Å². The molecule has 0 aliphatic rings. The Morgan fingerprint density at radius 3 is 2.61 bits per heavy atom. The van der Waals surface area contributed by atoms with E-state index in [2.05, 4.69) is 21.5 Å². The molecule has 1 N–H and O–H groups in total. The molecule has 0 aliphatic carbocycles. The monoisotopic (exact) mass is 434 g/mol. The maximum atomic E-state index is 12.6. The molecule has 0 fully saturated rings. The number of carbonyl (C=O) groups excluding carboxylic acids is 1. The first-order chi connectivity index (χ1) is 14.7. The highest BCUT2D eigenvalue weighted by Crippen LogP contribution is 2.24. The molecule has 0 saturated heterocycles. The predicted molar refractivity (Wildman–Crippen MR) is 119 cm³/mol.